The first-order valence-corrected chi connectivity index (χ1v) is 6.71. The zero-order chi connectivity index (χ0) is 13.8. The normalized spacial score (nSPS) is 12.5. The lowest BCUT2D eigenvalue weighted by Gasteiger charge is -2.10. The molecule has 6 nitrogen and oxygen atoms in total. The molecule has 0 radical (unpaired) electrons. The van der Waals surface area contributed by atoms with Gasteiger partial charge in [0.2, 0.25) is 0 Å². The lowest BCUT2D eigenvalue weighted by atomic mass is 10.2. The summed E-state index contributed by atoms with van der Waals surface area (Å²) in [7, 11) is 1.64. The molecule has 0 saturated carbocycles. The fraction of sp³-hybridized carbons (Fsp3) is 0.417. The summed E-state index contributed by atoms with van der Waals surface area (Å²) in [5.74, 6) is 0.0612. The van der Waals surface area contributed by atoms with Gasteiger partial charge < -0.3 is 15.8 Å². The van der Waals surface area contributed by atoms with Crippen molar-refractivity contribution in [2.75, 3.05) is 26.0 Å². The molecule has 0 aliphatic heterocycles. The van der Waals surface area contributed by atoms with Crippen LogP contribution in [-0.4, -0.2) is 36.1 Å². The average molecular weight is 280 g/mol. The molecule has 0 aliphatic carbocycles. The molecular weight excluding hydrogens is 264 g/mol. The van der Waals surface area contributed by atoms with Gasteiger partial charge in [0.05, 0.1) is 12.3 Å². The lowest BCUT2D eigenvalue weighted by molar-refractivity contribution is 0.0939. The summed E-state index contributed by atoms with van der Waals surface area (Å²) < 4.78 is 5.02. The number of fused-ring (bicyclic) bond motifs is 1. The van der Waals surface area contributed by atoms with E-state index in [2.05, 4.69) is 15.3 Å². The number of ether oxygens (including phenoxy) is 1. The Morgan fingerprint density at radius 2 is 2.26 bits per heavy atom. The Labute approximate surface area is 115 Å². The van der Waals surface area contributed by atoms with Gasteiger partial charge in [-0.25, -0.2) is 9.97 Å². The molecule has 1 unspecified atom stereocenters. The van der Waals surface area contributed by atoms with E-state index in [0.29, 0.717) is 34.1 Å². The van der Waals surface area contributed by atoms with Crippen LogP contribution in [0.1, 0.15) is 16.6 Å². The Balaban J connectivity index is 2.11. The van der Waals surface area contributed by atoms with E-state index in [1.54, 1.807) is 19.5 Å². The third kappa shape index (κ3) is 2.99. The van der Waals surface area contributed by atoms with Crippen LogP contribution in [0.25, 0.3) is 10.3 Å². The quantitative estimate of drug-likeness (QED) is 0.861. The summed E-state index contributed by atoms with van der Waals surface area (Å²) in [6.45, 7) is 3.15. The maximum atomic E-state index is 12.1. The molecule has 0 fully saturated rings. The Bertz CT molecular complexity index is 584. The van der Waals surface area contributed by atoms with E-state index in [1.165, 1.54) is 11.3 Å². The second-order valence-corrected chi connectivity index (χ2v) is 5.32. The largest absolute Gasteiger partial charge is 0.396 e. The van der Waals surface area contributed by atoms with Gasteiger partial charge in [-0.15, -0.1) is 11.3 Å². The van der Waals surface area contributed by atoms with Gasteiger partial charge in [0.25, 0.3) is 5.91 Å². The van der Waals surface area contributed by atoms with Gasteiger partial charge in [0, 0.05) is 26.0 Å². The number of methoxy groups -OCH3 is 1. The van der Waals surface area contributed by atoms with Crippen LogP contribution >= 0.6 is 11.3 Å². The summed E-state index contributed by atoms with van der Waals surface area (Å²) in [6.07, 6.45) is 3.15. The van der Waals surface area contributed by atoms with E-state index >= 15 is 0 Å². The van der Waals surface area contributed by atoms with Gasteiger partial charge in [-0.2, -0.15) is 0 Å². The van der Waals surface area contributed by atoms with Crippen molar-refractivity contribution < 1.29 is 9.53 Å². The van der Waals surface area contributed by atoms with Gasteiger partial charge in [-0.3, -0.25) is 4.79 Å². The molecule has 7 heteroatoms. The van der Waals surface area contributed by atoms with Crippen LogP contribution in [0, 0.1) is 5.92 Å². The number of nitrogen functional groups attached to an aromatic ring is 1. The molecule has 0 aromatic carbocycles. The third-order valence-electron chi connectivity index (χ3n) is 2.63. The van der Waals surface area contributed by atoms with Crippen LogP contribution < -0.4 is 11.1 Å². The fourth-order valence-electron chi connectivity index (χ4n) is 1.70. The monoisotopic (exact) mass is 280 g/mol. The Hall–Kier alpha value is -1.73. The van der Waals surface area contributed by atoms with Crippen molar-refractivity contribution >= 4 is 33.3 Å². The summed E-state index contributed by atoms with van der Waals surface area (Å²) in [6, 6.07) is 0. The van der Waals surface area contributed by atoms with Crippen LogP contribution in [0.4, 0.5) is 5.69 Å². The minimum atomic E-state index is -0.190. The number of nitrogens with two attached hydrogens (primary N) is 1. The van der Waals surface area contributed by atoms with Crippen LogP contribution in [-0.2, 0) is 4.74 Å². The minimum Gasteiger partial charge on any atom is -0.396 e. The molecule has 0 saturated heterocycles. The number of hydrogen-bond acceptors (Lipinski definition) is 6. The van der Waals surface area contributed by atoms with Crippen LogP contribution in [0.15, 0.2) is 12.4 Å². The number of hydrogen-bond donors (Lipinski definition) is 2. The molecule has 1 amide bonds. The van der Waals surface area contributed by atoms with Gasteiger partial charge in [0.15, 0.2) is 0 Å². The first-order valence-electron chi connectivity index (χ1n) is 5.89. The molecule has 19 heavy (non-hydrogen) atoms. The van der Waals surface area contributed by atoms with E-state index in [1.807, 2.05) is 6.92 Å². The summed E-state index contributed by atoms with van der Waals surface area (Å²) in [5, 5.41) is 2.84. The molecule has 0 aliphatic rings. The molecule has 102 valence electrons. The van der Waals surface area contributed by atoms with E-state index in [-0.39, 0.29) is 11.8 Å². The maximum Gasteiger partial charge on any atom is 0.263 e. The van der Waals surface area contributed by atoms with Gasteiger partial charge in [0.1, 0.15) is 15.2 Å². The number of nitrogens with zero attached hydrogens (tertiary/aromatic N) is 2. The van der Waals surface area contributed by atoms with Crippen molar-refractivity contribution in [2.24, 2.45) is 5.92 Å². The number of carbonyl (C=O) groups is 1. The fourth-order valence-corrected chi connectivity index (χ4v) is 2.64. The van der Waals surface area contributed by atoms with Crippen LogP contribution in [0.3, 0.4) is 0 Å². The van der Waals surface area contributed by atoms with Crippen molar-refractivity contribution in [1.82, 2.24) is 15.3 Å². The number of nitrogens with one attached hydrogen (secondary N) is 1. The number of anilines is 1. The number of carbonyl (C=O) groups excluding carboxylic acids is 1. The second kappa shape index (κ2) is 5.94. The molecule has 0 bridgehead atoms. The van der Waals surface area contributed by atoms with Crippen molar-refractivity contribution in [3.63, 3.8) is 0 Å². The molecule has 1 atom stereocenters. The van der Waals surface area contributed by atoms with E-state index < -0.39 is 0 Å². The van der Waals surface area contributed by atoms with Crippen molar-refractivity contribution in [2.45, 2.75) is 6.92 Å². The number of amides is 1. The number of aromatic nitrogens is 2. The zero-order valence-electron chi connectivity index (χ0n) is 10.8. The van der Waals surface area contributed by atoms with Crippen molar-refractivity contribution in [3.05, 3.63) is 17.3 Å². The molecular formula is C12H16N4O2S. The summed E-state index contributed by atoms with van der Waals surface area (Å²) >= 11 is 1.26. The molecule has 3 N–H and O–H groups in total. The minimum absolute atomic E-state index is 0.190. The van der Waals surface area contributed by atoms with Gasteiger partial charge in [-0.1, -0.05) is 6.92 Å². The van der Waals surface area contributed by atoms with Gasteiger partial charge in [-0.05, 0) is 5.92 Å². The maximum absolute atomic E-state index is 12.1. The topological polar surface area (TPSA) is 90.1 Å². The van der Waals surface area contributed by atoms with Crippen LogP contribution in [0.5, 0.6) is 0 Å². The first kappa shape index (κ1) is 13.7. The average Bonchev–Trinajstić information content (AvgIpc) is 2.74. The molecule has 2 aromatic heterocycles. The van der Waals surface area contributed by atoms with E-state index in [9.17, 15) is 4.79 Å². The standard InChI is InChI=1S/C12H16N4O2S/c1-7(6-18-2)5-16-11(17)10-8(13)9-12(19-10)15-4-3-14-9/h3-4,7H,5-6,13H2,1-2H3,(H,16,17). The molecule has 2 rings (SSSR count). The molecule has 2 heterocycles. The van der Waals surface area contributed by atoms with E-state index in [0.717, 1.165) is 0 Å². The Kier molecular flexibility index (Phi) is 4.28. The highest BCUT2D eigenvalue weighted by molar-refractivity contribution is 7.21. The van der Waals surface area contributed by atoms with E-state index in [4.69, 9.17) is 10.5 Å². The van der Waals surface area contributed by atoms with Gasteiger partial charge >= 0.3 is 0 Å². The molecule has 0 spiro atoms. The second-order valence-electron chi connectivity index (χ2n) is 4.33. The summed E-state index contributed by atoms with van der Waals surface area (Å²) in [5.41, 5.74) is 6.91. The SMILES string of the molecule is COCC(C)CNC(=O)c1sc2nccnc2c1N. The lowest BCUT2D eigenvalue weighted by Crippen LogP contribution is -2.29. The predicted molar refractivity (Wildman–Crippen MR) is 75.2 cm³/mol. The molecule has 2 aromatic rings. The highest BCUT2D eigenvalue weighted by Gasteiger charge is 2.18. The Morgan fingerprint density at radius 3 is 2.95 bits per heavy atom. The summed E-state index contributed by atoms with van der Waals surface area (Å²) in [4.78, 5) is 21.5. The number of rotatable bonds is 5. The predicted octanol–water partition coefficient (Wildman–Crippen LogP) is 1.29. The Morgan fingerprint density at radius 1 is 1.53 bits per heavy atom. The number of thiophene rings is 1. The highest BCUT2D eigenvalue weighted by atomic mass is 32.1. The van der Waals surface area contributed by atoms with Crippen molar-refractivity contribution in [1.29, 1.82) is 0 Å². The smallest absolute Gasteiger partial charge is 0.263 e. The first-order chi connectivity index (χ1) is 9.13. The third-order valence-corrected chi connectivity index (χ3v) is 3.73. The van der Waals surface area contributed by atoms with Crippen LogP contribution in [0.2, 0.25) is 0 Å². The zero-order valence-corrected chi connectivity index (χ0v) is 11.7. The van der Waals surface area contributed by atoms with Crippen molar-refractivity contribution in [3.8, 4) is 0 Å². The highest BCUT2D eigenvalue weighted by Crippen LogP contribution is 2.30.